The Kier molecular flexibility index (Phi) is 5.31. The maximum Gasteiger partial charge on any atom is 0.238 e. The van der Waals surface area contributed by atoms with Gasteiger partial charge in [0.05, 0.1) is 12.2 Å². The van der Waals surface area contributed by atoms with Crippen LogP contribution in [0.1, 0.15) is 32.1 Å². The van der Waals surface area contributed by atoms with Crippen LogP contribution in [-0.2, 0) is 4.79 Å². The molecular formula is C16H24FN3O. The third-order valence-corrected chi connectivity index (χ3v) is 4.50. The van der Waals surface area contributed by atoms with Gasteiger partial charge < -0.3 is 11.1 Å². The Morgan fingerprint density at radius 3 is 2.62 bits per heavy atom. The summed E-state index contributed by atoms with van der Waals surface area (Å²) < 4.78 is 13.5. The number of nitrogens with one attached hydrogen (secondary N) is 1. The number of carbonyl (C=O) groups excluding carboxylic acids is 1. The lowest BCUT2D eigenvalue weighted by molar-refractivity contribution is -0.118. The number of nitrogens with two attached hydrogens (primary N) is 1. The van der Waals surface area contributed by atoms with Gasteiger partial charge in [-0.3, -0.25) is 9.69 Å². The summed E-state index contributed by atoms with van der Waals surface area (Å²) >= 11 is 0. The van der Waals surface area contributed by atoms with Gasteiger partial charge in [0.1, 0.15) is 5.82 Å². The third kappa shape index (κ3) is 3.80. The first-order valence-corrected chi connectivity index (χ1v) is 7.53. The molecule has 0 saturated heterocycles. The zero-order chi connectivity index (χ0) is 15.3. The van der Waals surface area contributed by atoms with E-state index >= 15 is 0 Å². The van der Waals surface area contributed by atoms with E-state index in [0.717, 1.165) is 25.7 Å². The molecule has 3 N–H and O–H groups in total. The van der Waals surface area contributed by atoms with Gasteiger partial charge in [-0.1, -0.05) is 31.4 Å². The summed E-state index contributed by atoms with van der Waals surface area (Å²) in [6.45, 7) is 0.780. The second kappa shape index (κ2) is 7.00. The molecule has 0 aliphatic heterocycles. The van der Waals surface area contributed by atoms with E-state index in [2.05, 4.69) is 5.32 Å². The molecule has 21 heavy (non-hydrogen) atoms. The Bertz CT molecular complexity index is 486. The maximum absolute atomic E-state index is 13.5. The lowest BCUT2D eigenvalue weighted by Gasteiger charge is -2.43. The number of hydrogen-bond acceptors (Lipinski definition) is 3. The molecule has 2 rings (SSSR count). The van der Waals surface area contributed by atoms with Crippen molar-refractivity contribution in [2.45, 2.75) is 37.6 Å². The lowest BCUT2D eigenvalue weighted by Crippen LogP contribution is -2.55. The first-order valence-electron chi connectivity index (χ1n) is 7.53. The molecule has 0 bridgehead atoms. The first-order chi connectivity index (χ1) is 10.1. The number of hydrogen-bond donors (Lipinski definition) is 2. The van der Waals surface area contributed by atoms with Crippen molar-refractivity contribution in [3.63, 3.8) is 0 Å². The van der Waals surface area contributed by atoms with E-state index in [0.29, 0.717) is 6.54 Å². The summed E-state index contributed by atoms with van der Waals surface area (Å²) in [4.78, 5) is 14.1. The molecule has 5 heteroatoms. The number of halogens is 1. The predicted octanol–water partition coefficient (Wildman–Crippen LogP) is 2.36. The Morgan fingerprint density at radius 2 is 2.00 bits per heavy atom. The number of rotatable bonds is 5. The van der Waals surface area contributed by atoms with Crippen LogP contribution in [0.3, 0.4) is 0 Å². The molecule has 1 amide bonds. The van der Waals surface area contributed by atoms with E-state index in [-0.39, 0.29) is 23.7 Å². The van der Waals surface area contributed by atoms with Gasteiger partial charge in [0.2, 0.25) is 5.91 Å². The van der Waals surface area contributed by atoms with E-state index in [1.165, 1.54) is 12.5 Å². The minimum absolute atomic E-state index is 0.0924. The van der Waals surface area contributed by atoms with E-state index in [1.54, 1.807) is 18.2 Å². The number of carbonyl (C=O) groups is 1. The second-order valence-corrected chi connectivity index (χ2v) is 5.87. The van der Waals surface area contributed by atoms with Gasteiger partial charge in [-0.05, 0) is 32.0 Å². The van der Waals surface area contributed by atoms with Gasteiger partial charge in [0.15, 0.2) is 0 Å². The summed E-state index contributed by atoms with van der Waals surface area (Å²) in [6, 6.07) is 6.20. The predicted molar refractivity (Wildman–Crippen MR) is 82.5 cm³/mol. The topological polar surface area (TPSA) is 58.4 Å². The van der Waals surface area contributed by atoms with E-state index in [1.807, 2.05) is 11.9 Å². The van der Waals surface area contributed by atoms with Crippen LogP contribution in [0.15, 0.2) is 24.3 Å². The van der Waals surface area contributed by atoms with Crippen molar-refractivity contribution in [2.75, 3.05) is 25.5 Å². The first kappa shape index (κ1) is 15.9. The van der Waals surface area contributed by atoms with Gasteiger partial charge >= 0.3 is 0 Å². The zero-order valence-electron chi connectivity index (χ0n) is 12.6. The Hall–Kier alpha value is -1.46. The molecule has 1 aliphatic rings. The van der Waals surface area contributed by atoms with Crippen LogP contribution in [0.2, 0.25) is 0 Å². The average molecular weight is 293 g/mol. The standard InChI is InChI=1S/C16H24FN3O/c1-20(16(12-18)9-5-2-6-10-16)11-15(21)19-14-8-4-3-7-13(14)17/h3-4,7-8H,2,5-6,9-12,18H2,1H3,(H,19,21). The van der Waals surface area contributed by atoms with Crippen LogP contribution in [0.4, 0.5) is 10.1 Å². The Balaban J connectivity index is 1.97. The number of anilines is 1. The molecule has 0 unspecified atom stereocenters. The smallest absolute Gasteiger partial charge is 0.238 e. The fraction of sp³-hybridized carbons (Fsp3) is 0.562. The van der Waals surface area contributed by atoms with Gasteiger partial charge in [-0.15, -0.1) is 0 Å². The van der Waals surface area contributed by atoms with Crippen LogP contribution >= 0.6 is 0 Å². The molecule has 1 aromatic carbocycles. The van der Waals surface area contributed by atoms with Crippen LogP contribution in [0.25, 0.3) is 0 Å². The van der Waals surface area contributed by atoms with E-state index in [9.17, 15) is 9.18 Å². The molecule has 0 aromatic heterocycles. The monoisotopic (exact) mass is 293 g/mol. The van der Waals surface area contributed by atoms with Crippen molar-refractivity contribution in [1.29, 1.82) is 0 Å². The maximum atomic E-state index is 13.5. The highest BCUT2D eigenvalue weighted by Gasteiger charge is 2.35. The molecule has 1 saturated carbocycles. The Labute approximate surface area is 125 Å². The number of benzene rings is 1. The van der Waals surface area contributed by atoms with Crippen molar-refractivity contribution in [3.8, 4) is 0 Å². The van der Waals surface area contributed by atoms with Crippen molar-refractivity contribution in [2.24, 2.45) is 5.73 Å². The second-order valence-electron chi connectivity index (χ2n) is 5.87. The molecule has 1 aliphatic carbocycles. The summed E-state index contributed by atoms with van der Waals surface area (Å²) in [5.74, 6) is -0.624. The average Bonchev–Trinajstić information content (AvgIpc) is 2.50. The summed E-state index contributed by atoms with van der Waals surface area (Å²) in [5, 5.41) is 2.63. The van der Waals surface area contributed by atoms with Crippen LogP contribution < -0.4 is 11.1 Å². The highest BCUT2D eigenvalue weighted by Crippen LogP contribution is 2.31. The SMILES string of the molecule is CN(CC(=O)Nc1ccccc1F)C1(CN)CCCCC1. The fourth-order valence-electron chi connectivity index (χ4n) is 3.09. The molecular weight excluding hydrogens is 269 g/mol. The van der Waals surface area contributed by atoms with E-state index in [4.69, 9.17) is 5.73 Å². The minimum atomic E-state index is -0.417. The highest BCUT2D eigenvalue weighted by atomic mass is 19.1. The summed E-state index contributed by atoms with van der Waals surface area (Å²) in [6.07, 6.45) is 5.57. The molecule has 116 valence electrons. The molecule has 0 heterocycles. The normalized spacial score (nSPS) is 17.7. The molecule has 1 fully saturated rings. The number of amides is 1. The third-order valence-electron chi connectivity index (χ3n) is 4.50. The van der Waals surface area contributed by atoms with Crippen LogP contribution in [-0.4, -0.2) is 36.5 Å². The van der Waals surface area contributed by atoms with Gasteiger partial charge in [0, 0.05) is 12.1 Å². The molecule has 1 aromatic rings. The van der Waals surface area contributed by atoms with Crippen LogP contribution in [0, 0.1) is 5.82 Å². The quantitative estimate of drug-likeness (QED) is 0.876. The van der Waals surface area contributed by atoms with Crippen molar-refractivity contribution in [1.82, 2.24) is 4.90 Å². The minimum Gasteiger partial charge on any atom is -0.329 e. The summed E-state index contributed by atoms with van der Waals surface area (Å²) in [5.41, 5.74) is 6.09. The van der Waals surface area contributed by atoms with Crippen LogP contribution in [0.5, 0.6) is 0 Å². The zero-order valence-corrected chi connectivity index (χ0v) is 12.6. The van der Waals surface area contributed by atoms with Gasteiger partial charge in [0.25, 0.3) is 0 Å². The number of nitrogens with zero attached hydrogens (tertiary/aromatic N) is 1. The molecule has 0 spiro atoms. The van der Waals surface area contributed by atoms with Gasteiger partial charge in [-0.25, -0.2) is 4.39 Å². The molecule has 4 nitrogen and oxygen atoms in total. The van der Waals surface area contributed by atoms with Crippen molar-refractivity contribution >= 4 is 11.6 Å². The largest absolute Gasteiger partial charge is 0.329 e. The number of para-hydroxylation sites is 1. The van der Waals surface area contributed by atoms with Crippen molar-refractivity contribution in [3.05, 3.63) is 30.1 Å². The van der Waals surface area contributed by atoms with Gasteiger partial charge in [-0.2, -0.15) is 0 Å². The summed E-state index contributed by atoms with van der Waals surface area (Å²) in [7, 11) is 1.93. The fourth-order valence-corrected chi connectivity index (χ4v) is 3.09. The van der Waals surface area contributed by atoms with E-state index < -0.39 is 5.82 Å². The molecule has 0 radical (unpaired) electrons. The van der Waals surface area contributed by atoms with Crippen molar-refractivity contribution < 1.29 is 9.18 Å². The molecule has 0 atom stereocenters. The highest BCUT2D eigenvalue weighted by molar-refractivity contribution is 5.92. The lowest BCUT2D eigenvalue weighted by atomic mass is 9.80. The Morgan fingerprint density at radius 1 is 1.33 bits per heavy atom. The number of likely N-dealkylation sites (N-methyl/N-ethyl adjacent to an activating group) is 1.